The molecular formula is C15H16N4OS. The number of nitrogens with two attached hydrogens (primary N) is 1. The fourth-order valence-corrected chi connectivity index (χ4v) is 3.01. The molecule has 1 aromatic carbocycles. The largest absolute Gasteiger partial charge is 0.438 e. The number of thiophene rings is 1. The lowest BCUT2D eigenvalue weighted by atomic mass is 10.2. The number of nitrogens with one attached hydrogen (secondary N) is 1. The second-order valence-electron chi connectivity index (χ2n) is 4.70. The minimum Gasteiger partial charge on any atom is -0.438 e. The van der Waals surface area contributed by atoms with Gasteiger partial charge in [-0.15, -0.1) is 11.3 Å². The summed E-state index contributed by atoms with van der Waals surface area (Å²) < 4.78 is 5.93. The monoisotopic (exact) mass is 300 g/mol. The van der Waals surface area contributed by atoms with E-state index in [-0.39, 0.29) is 0 Å². The molecule has 0 saturated heterocycles. The molecule has 3 rings (SSSR count). The Hall–Kier alpha value is -2.18. The first-order valence-electron chi connectivity index (χ1n) is 6.71. The van der Waals surface area contributed by atoms with Crippen LogP contribution in [0.25, 0.3) is 10.2 Å². The number of hydrogen-bond donors (Lipinski definition) is 2. The lowest BCUT2D eigenvalue weighted by Crippen LogP contribution is -2.10. The third kappa shape index (κ3) is 2.81. The van der Waals surface area contributed by atoms with Crippen LogP contribution >= 0.6 is 11.3 Å². The molecule has 21 heavy (non-hydrogen) atoms. The van der Waals surface area contributed by atoms with Crippen LogP contribution in [0.3, 0.4) is 0 Å². The number of ether oxygens (including phenoxy) is 1. The Morgan fingerprint density at radius 1 is 1.29 bits per heavy atom. The number of hydrazine groups is 1. The molecule has 0 radical (unpaired) electrons. The van der Waals surface area contributed by atoms with Crippen molar-refractivity contribution < 1.29 is 4.74 Å². The highest BCUT2D eigenvalue weighted by Gasteiger charge is 2.13. The maximum absolute atomic E-state index is 5.93. The van der Waals surface area contributed by atoms with Gasteiger partial charge in [-0.3, -0.25) is 5.43 Å². The van der Waals surface area contributed by atoms with Crippen molar-refractivity contribution in [3.8, 4) is 11.6 Å². The molecule has 0 aliphatic carbocycles. The van der Waals surface area contributed by atoms with Crippen molar-refractivity contribution in [2.45, 2.75) is 20.3 Å². The van der Waals surface area contributed by atoms with Gasteiger partial charge in [-0.05, 0) is 37.1 Å². The third-order valence-corrected chi connectivity index (χ3v) is 4.26. The molecular weight excluding hydrogens is 284 g/mol. The van der Waals surface area contributed by atoms with E-state index in [1.807, 2.05) is 31.2 Å². The zero-order valence-corrected chi connectivity index (χ0v) is 12.7. The summed E-state index contributed by atoms with van der Waals surface area (Å²) in [4.78, 5) is 10.8. The van der Waals surface area contributed by atoms with Crippen molar-refractivity contribution >= 4 is 27.5 Å². The Morgan fingerprint density at radius 2 is 2.14 bits per heavy atom. The first kappa shape index (κ1) is 13.8. The minimum atomic E-state index is 0.356. The molecule has 0 unspecified atom stereocenters. The first-order valence-corrected chi connectivity index (χ1v) is 7.53. The normalized spacial score (nSPS) is 10.8. The molecule has 5 nitrogen and oxygen atoms in total. The Morgan fingerprint density at radius 3 is 2.86 bits per heavy atom. The van der Waals surface area contributed by atoms with Crippen molar-refractivity contribution in [1.29, 1.82) is 0 Å². The maximum Gasteiger partial charge on any atom is 0.241 e. The van der Waals surface area contributed by atoms with Crippen molar-refractivity contribution in [3.05, 3.63) is 40.8 Å². The number of aromatic nitrogens is 2. The summed E-state index contributed by atoms with van der Waals surface area (Å²) in [5.74, 6) is 7.07. The summed E-state index contributed by atoms with van der Waals surface area (Å²) >= 11 is 1.63. The molecule has 0 spiro atoms. The number of anilines is 1. The number of aryl methyl sites for hydroxylation is 2. The van der Waals surface area contributed by atoms with Gasteiger partial charge < -0.3 is 4.74 Å². The number of rotatable bonds is 4. The summed E-state index contributed by atoms with van der Waals surface area (Å²) in [7, 11) is 0. The molecule has 3 aromatic rings. The van der Waals surface area contributed by atoms with Crippen LogP contribution in [0.2, 0.25) is 0 Å². The van der Waals surface area contributed by atoms with E-state index in [0.717, 1.165) is 28.0 Å². The van der Waals surface area contributed by atoms with Crippen LogP contribution in [0, 0.1) is 6.92 Å². The van der Waals surface area contributed by atoms with E-state index in [2.05, 4.69) is 28.4 Å². The predicted molar refractivity (Wildman–Crippen MR) is 85.9 cm³/mol. The van der Waals surface area contributed by atoms with Gasteiger partial charge in [0.15, 0.2) is 0 Å². The molecule has 6 heteroatoms. The molecule has 0 saturated carbocycles. The number of fused-ring (bicyclic) bond motifs is 1. The van der Waals surface area contributed by atoms with Crippen LogP contribution in [-0.4, -0.2) is 9.97 Å². The minimum absolute atomic E-state index is 0.356. The third-order valence-electron chi connectivity index (χ3n) is 3.09. The van der Waals surface area contributed by atoms with Crippen LogP contribution in [0.15, 0.2) is 30.3 Å². The molecule has 2 heterocycles. The Labute approximate surface area is 126 Å². The predicted octanol–water partition coefficient (Wildman–Crippen LogP) is 3.64. The lowest BCUT2D eigenvalue weighted by molar-refractivity contribution is 0.468. The summed E-state index contributed by atoms with van der Waals surface area (Å²) in [6.45, 7) is 4.14. The summed E-state index contributed by atoms with van der Waals surface area (Å²) in [6.07, 6.45) is 0.955. The summed E-state index contributed by atoms with van der Waals surface area (Å²) in [6, 6.07) is 9.93. The zero-order chi connectivity index (χ0) is 14.8. The average Bonchev–Trinajstić information content (AvgIpc) is 2.90. The van der Waals surface area contributed by atoms with Crippen molar-refractivity contribution in [3.63, 3.8) is 0 Å². The van der Waals surface area contributed by atoms with Gasteiger partial charge in [-0.2, -0.15) is 4.98 Å². The van der Waals surface area contributed by atoms with Crippen LogP contribution < -0.4 is 16.0 Å². The van der Waals surface area contributed by atoms with E-state index in [9.17, 15) is 0 Å². The second kappa shape index (κ2) is 5.67. The molecule has 108 valence electrons. The van der Waals surface area contributed by atoms with Gasteiger partial charge in [0.2, 0.25) is 11.8 Å². The molecule has 0 amide bonds. The van der Waals surface area contributed by atoms with E-state index in [1.165, 1.54) is 4.88 Å². The fourth-order valence-electron chi connectivity index (χ4n) is 2.05. The van der Waals surface area contributed by atoms with Crippen LogP contribution in [0.4, 0.5) is 5.95 Å². The molecule has 0 atom stereocenters. The molecule has 0 bridgehead atoms. The van der Waals surface area contributed by atoms with E-state index >= 15 is 0 Å². The van der Waals surface area contributed by atoms with Crippen LogP contribution in [0.5, 0.6) is 11.6 Å². The number of benzene rings is 1. The van der Waals surface area contributed by atoms with Crippen LogP contribution in [0.1, 0.15) is 17.4 Å². The van der Waals surface area contributed by atoms with Gasteiger partial charge in [0.1, 0.15) is 10.6 Å². The molecule has 0 fully saturated rings. The van der Waals surface area contributed by atoms with Gasteiger partial charge in [0, 0.05) is 4.88 Å². The fraction of sp³-hybridized carbons (Fsp3) is 0.200. The highest BCUT2D eigenvalue weighted by Crippen LogP contribution is 2.34. The van der Waals surface area contributed by atoms with Gasteiger partial charge >= 0.3 is 0 Å². The molecule has 0 aliphatic heterocycles. The zero-order valence-electron chi connectivity index (χ0n) is 11.9. The van der Waals surface area contributed by atoms with Gasteiger partial charge in [0.25, 0.3) is 0 Å². The standard InChI is InChI=1S/C15H16N4OS/c1-3-11-8-12-13(17-15(19-16)18-14(12)21-11)20-10-6-4-5-9(2)7-10/h4-8H,3,16H2,1-2H3,(H,17,18,19). The number of hydrogen-bond acceptors (Lipinski definition) is 6. The van der Waals surface area contributed by atoms with Crippen LogP contribution in [-0.2, 0) is 6.42 Å². The SMILES string of the molecule is CCc1cc2c(Oc3cccc(C)c3)nc(NN)nc2s1. The van der Waals surface area contributed by atoms with Gasteiger partial charge in [-0.1, -0.05) is 19.1 Å². The Bertz CT molecular complexity index is 784. The van der Waals surface area contributed by atoms with Crippen molar-refractivity contribution in [2.24, 2.45) is 5.84 Å². The van der Waals surface area contributed by atoms with E-state index < -0.39 is 0 Å². The van der Waals surface area contributed by atoms with Gasteiger partial charge in [-0.25, -0.2) is 10.8 Å². The second-order valence-corrected chi connectivity index (χ2v) is 5.82. The smallest absolute Gasteiger partial charge is 0.241 e. The molecule has 3 N–H and O–H groups in total. The van der Waals surface area contributed by atoms with Crippen molar-refractivity contribution in [1.82, 2.24) is 9.97 Å². The average molecular weight is 300 g/mol. The summed E-state index contributed by atoms with van der Waals surface area (Å²) in [5.41, 5.74) is 3.62. The van der Waals surface area contributed by atoms with Gasteiger partial charge in [0.05, 0.1) is 5.39 Å². The molecule has 2 aromatic heterocycles. The highest BCUT2D eigenvalue weighted by molar-refractivity contribution is 7.18. The lowest BCUT2D eigenvalue weighted by Gasteiger charge is -2.08. The molecule has 0 aliphatic rings. The quantitative estimate of drug-likeness (QED) is 0.568. The van der Waals surface area contributed by atoms with E-state index in [0.29, 0.717) is 11.8 Å². The Kier molecular flexibility index (Phi) is 3.72. The van der Waals surface area contributed by atoms with E-state index in [4.69, 9.17) is 10.6 Å². The first-order chi connectivity index (χ1) is 10.2. The topological polar surface area (TPSA) is 73.1 Å². The van der Waals surface area contributed by atoms with Crippen molar-refractivity contribution in [2.75, 3.05) is 5.43 Å². The maximum atomic E-state index is 5.93. The Balaban J connectivity index is 2.09. The van der Waals surface area contributed by atoms with E-state index in [1.54, 1.807) is 11.3 Å². The number of nitrogens with zero attached hydrogens (tertiary/aromatic N) is 2. The number of nitrogen functional groups attached to an aromatic ring is 1. The summed E-state index contributed by atoms with van der Waals surface area (Å²) in [5, 5.41) is 0.914. The highest BCUT2D eigenvalue weighted by atomic mass is 32.1.